The third-order valence-electron chi connectivity index (χ3n) is 2.74. The van der Waals surface area contributed by atoms with E-state index in [-0.39, 0.29) is 17.1 Å². The van der Waals surface area contributed by atoms with E-state index in [1.54, 1.807) is 6.92 Å². The van der Waals surface area contributed by atoms with Gasteiger partial charge in [-0.2, -0.15) is 0 Å². The Labute approximate surface area is 116 Å². The minimum absolute atomic E-state index is 0.123. The fourth-order valence-corrected chi connectivity index (χ4v) is 2.53. The number of aryl methyl sites for hydroxylation is 1. The van der Waals surface area contributed by atoms with E-state index in [1.807, 2.05) is 0 Å². The molecule has 0 aliphatic heterocycles. The SMILES string of the molecule is Cc1sc(C(=O)O)cc1CNc1ccc(F)c(F)c1F. The summed E-state index contributed by atoms with van der Waals surface area (Å²) >= 11 is 1.10. The molecule has 3 nitrogen and oxygen atoms in total. The Morgan fingerprint density at radius 3 is 2.60 bits per heavy atom. The normalized spacial score (nSPS) is 10.6. The fraction of sp³-hybridized carbons (Fsp3) is 0.154. The second-order valence-electron chi connectivity index (χ2n) is 4.07. The lowest BCUT2D eigenvalue weighted by molar-refractivity contribution is 0.0702. The van der Waals surface area contributed by atoms with Crippen molar-refractivity contribution in [1.29, 1.82) is 0 Å². The van der Waals surface area contributed by atoms with Crippen molar-refractivity contribution in [3.63, 3.8) is 0 Å². The lowest BCUT2D eigenvalue weighted by Crippen LogP contribution is -2.04. The second-order valence-corrected chi connectivity index (χ2v) is 5.33. The summed E-state index contributed by atoms with van der Waals surface area (Å²) in [5, 5.41) is 11.5. The molecule has 0 saturated heterocycles. The highest BCUT2D eigenvalue weighted by atomic mass is 32.1. The predicted octanol–water partition coefficient (Wildman–Crippen LogP) is 3.78. The molecule has 0 radical (unpaired) electrons. The molecule has 0 unspecified atom stereocenters. The largest absolute Gasteiger partial charge is 0.477 e. The van der Waals surface area contributed by atoms with E-state index in [1.165, 1.54) is 6.07 Å². The van der Waals surface area contributed by atoms with Gasteiger partial charge in [0.25, 0.3) is 0 Å². The van der Waals surface area contributed by atoms with Gasteiger partial charge in [0, 0.05) is 11.4 Å². The maximum atomic E-state index is 13.4. The summed E-state index contributed by atoms with van der Waals surface area (Å²) in [6.07, 6.45) is 0. The zero-order chi connectivity index (χ0) is 14.9. The van der Waals surface area contributed by atoms with Crippen LogP contribution in [0.1, 0.15) is 20.1 Å². The molecular weight excluding hydrogens is 291 g/mol. The number of hydrogen-bond donors (Lipinski definition) is 2. The van der Waals surface area contributed by atoms with E-state index in [9.17, 15) is 18.0 Å². The summed E-state index contributed by atoms with van der Waals surface area (Å²) < 4.78 is 39.2. The summed E-state index contributed by atoms with van der Waals surface area (Å²) in [7, 11) is 0. The topological polar surface area (TPSA) is 49.3 Å². The average Bonchev–Trinajstić information content (AvgIpc) is 2.77. The molecule has 0 aliphatic rings. The standard InChI is InChI=1S/C13H10F3NO2S/c1-6-7(4-10(20-6)13(18)19)5-17-9-3-2-8(14)11(15)12(9)16/h2-4,17H,5H2,1H3,(H,18,19). The molecule has 20 heavy (non-hydrogen) atoms. The van der Waals surface area contributed by atoms with Crippen LogP contribution in [-0.4, -0.2) is 11.1 Å². The third kappa shape index (κ3) is 2.77. The number of nitrogens with one attached hydrogen (secondary N) is 1. The molecule has 1 heterocycles. The van der Waals surface area contributed by atoms with Crippen LogP contribution in [0.15, 0.2) is 18.2 Å². The monoisotopic (exact) mass is 301 g/mol. The zero-order valence-electron chi connectivity index (χ0n) is 10.3. The second kappa shape index (κ2) is 5.54. The number of halogens is 3. The number of hydrogen-bond acceptors (Lipinski definition) is 3. The van der Waals surface area contributed by atoms with Crippen LogP contribution in [-0.2, 0) is 6.54 Å². The van der Waals surface area contributed by atoms with Gasteiger partial charge in [-0.05, 0) is 30.7 Å². The Morgan fingerprint density at radius 2 is 2.00 bits per heavy atom. The van der Waals surface area contributed by atoms with Crippen LogP contribution in [0.2, 0.25) is 0 Å². The Bertz CT molecular complexity index is 670. The summed E-state index contributed by atoms with van der Waals surface area (Å²) in [5.41, 5.74) is 0.489. The van der Waals surface area contributed by atoms with Crippen molar-refractivity contribution in [2.45, 2.75) is 13.5 Å². The van der Waals surface area contributed by atoms with Gasteiger partial charge in [-0.15, -0.1) is 11.3 Å². The van der Waals surface area contributed by atoms with Crippen molar-refractivity contribution in [3.05, 3.63) is 51.0 Å². The zero-order valence-corrected chi connectivity index (χ0v) is 11.2. The molecule has 106 valence electrons. The minimum Gasteiger partial charge on any atom is -0.477 e. The molecule has 0 bridgehead atoms. The first-order chi connectivity index (χ1) is 9.40. The van der Waals surface area contributed by atoms with Crippen LogP contribution in [0, 0.1) is 24.4 Å². The Kier molecular flexibility index (Phi) is 3.99. The molecule has 2 aromatic rings. The van der Waals surface area contributed by atoms with E-state index >= 15 is 0 Å². The highest BCUT2D eigenvalue weighted by Gasteiger charge is 2.15. The number of rotatable bonds is 4. The Hall–Kier alpha value is -2.02. The van der Waals surface area contributed by atoms with Crippen molar-refractivity contribution in [3.8, 4) is 0 Å². The minimum atomic E-state index is -1.54. The van der Waals surface area contributed by atoms with Gasteiger partial charge in [0.15, 0.2) is 17.5 Å². The number of thiophene rings is 1. The predicted molar refractivity (Wildman–Crippen MR) is 69.7 cm³/mol. The number of anilines is 1. The van der Waals surface area contributed by atoms with Gasteiger partial charge in [0.2, 0.25) is 0 Å². The molecule has 1 aromatic heterocycles. The number of carboxylic acid groups (broad SMARTS) is 1. The van der Waals surface area contributed by atoms with Gasteiger partial charge >= 0.3 is 5.97 Å². The van der Waals surface area contributed by atoms with E-state index in [0.29, 0.717) is 5.56 Å². The lowest BCUT2D eigenvalue weighted by atomic mass is 10.2. The molecule has 0 fully saturated rings. The van der Waals surface area contributed by atoms with Crippen molar-refractivity contribution in [2.75, 3.05) is 5.32 Å². The molecule has 0 spiro atoms. The van der Waals surface area contributed by atoms with E-state index in [2.05, 4.69) is 5.32 Å². The molecule has 1 aromatic carbocycles. The van der Waals surface area contributed by atoms with Crippen LogP contribution in [0.4, 0.5) is 18.9 Å². The van der Waals surface area contributed by atoms with Crippen molar-refractivity contribution in [2.24, 2.45) is 0 Å². The molecule has 0 saturated carbocycles. The quantitative estimate of drug-likeness (QED) is 0.845. The number of carbonyl (C=O) groups is 1. The Morgan fingerprint density at radius 1 is 1.30 bits per heavy atom. The van der Waals surface area contributed by atoms with E-state index in [4.69, 9.17) is 5.11 Å². The molecule has 7 heteroatoms. The van der Waals surface area contributed by atoms with Gasteiger partial charge in [-0.3, -0.25) is 0 Å². The van der Waals surface area contributed by atoms with Crippen molar-refractivity contribution < 1.29 is 23.1 Å². The molecule has 0 aliphatic carbocycles. The average molecular weight is 301 g/mol. The maximum Gasteiger partial charge on any atom is 0.345 e. The summed E-state index contributed by atoms with van der Waals surface area (Å²) in [4.78, 5) is 11.7. The van der Waals surface area contributed by atoms with Gasteiger partial charge in [0.05, 0.1) is 5.69 Å². The highest BCUT2D eigenvalue weighted by molar-refractivity contribution is 7.14. The van der Waals surface area contributed by atoms with Crippen LogP contribution < -0.4 is 5.32 Å². The van der Waals surface area contributed by atoms with Gasteiger partial charge < -0.3 is 10.4 Å². The first-order valence-corrected chi connectivity index (χ1v) is 6.41. The number of benzene rings is 1. The summed E-state index contributed by atoms with van der Waals surface area (Å²) in [6.45, 7) is 1.85. The molecule has 2 rings (SSSR count). The molecule has 0 amide bonds. The first kappa shape index (κ1) is 14.4. The van der Waals surface area contributed by atoms with E-state index < -0.39 is 23.4 Å². The molecule has 2 N–H and O–H groups in total. The first-order valence-electron chi connectivity index (χ1n) is 5.60. The van der Waals surface area contributed by atoms with Crippen LogP contribution in [0.3, 0.4) is 0 Å². The fourth-order valence-electron chi connectivity index (χ4n) is 1.65. The summed E-state index contributed by atoms with van der Waals surface area (Å²) in [6, 6.07) is 3.38. The summed E-state index contributed by atoms with van der Waals surface area (Å²) in [5.74, 6) is -5.13. The van der Waals surface area contributed by atoms with Gasteiger partial charge in [-0.25, -0.2) is 18.0 Å². The van der Waals surface area contributed by atoms with E-state index in [0.717, 1.165) is 28.3 Å². The van der Waals surface area contributed by atoms with Crippen LogP contribution in [0.5, 0.6) is 0 Å². The molecule has 0 atom stereocenters. The number of carboxylic acids is 1. The van der Waals surface area contributed by atoms with Crippen LogP contribution >= 0.6 is 11.3 Å². The van der Waals surface area contributed by atoms with Crippen molar-refractivity contribution in [1.82, 2.24) is 0 Å². The third-order valence-corrected chi connectivity index (χ3v) is 3.82. The smallest absolute Gasteiger partial charge is 0.345 e. The highest BCUT2D eigenvalue weighted by Crippen LogP contribution is 2.24. The van der Waals surface area contributed by atoms with Crippen LogP contribution in [0.25, 0.3) is 0 Å². The maximum absolute atomic E-state index is 13.4. The van der Waals surface area contributed by atoms with Crippen molar-refractivity contribution >= 4 is 23.0 Å². The molecular formula is C13H10F3NO2S. The Balaban J connectivity index is 2.17. The lowest BCUT2D eigenvalue weighted by Gasteiger charge is -2.08. The van der Waals surface area contributed by atoms with Gasteiger partial charge in [0.1, 0.15) is 4.88 Å². The number of aromatic carboxylic acids is 1. The van der Waals surface area contributed by atoms with Gasteiger partial charge in [-0.1, -0.05) is 0 Å².